The van der Waals surface area contributed by atoms with E-state index in [9.17, 15) is 4.79 Å². The van der Waals surface area contributed by atoms with Gasteiger partial charge in [-0.2, -0.15) is 0 Å². The quantitative estimate of drug-likeness (QED) is 0.199. The molecule has 0 N–H and O–H groups in total. The number of ether oxygens (including phenoxy) is 1. The summed E-state index contributed by atoms with van der Waals surface area (Å²) in [6, 6.07) is 9.54. The van der Waals surface area contributed by atoms with Gasteiger partial charge in [0, 0.05) is 4.91 Å². The number of azide groups is 1. The van der Waals surface area contributed by atoms with Gasteiger partial charge in [-0.15, -0.1) is 0 Å². The molecule has 0 saturated heterocycles. The van der Waals surface area contributed by atoms with Crippen LogP contribution in [0.15, 0.2) is 53.3 Å². The number of esters is 1. The lowest BCUT2D eigenvalue weighted by molar-refractivity contribution is -0.136. The highest BCUT2D eigenvalue weighted by Crippen LogP contribution is 2.04. The van der Waals surface area contributed by atoms with Crippen LogP contribution in [0.2, 0.25) is 0 Å². The summed E-state index contributed by atoms with van der Waals surface area (Å²) in [5, 5.41) is 3.24. The van der Waals surface area contributed by atoms with Crippen molar-refractivity contribution in [2.45, 2.75) is 0 Å². The molecule has 86 valence electrons. The topological polar surface area (TPSA) is 75.1 Å². The Balaban J connectivity index is 2.83. The first-order chi connectivity index (χ1) is 8.27. The number of methoxy groups -OCH3 is 1. The number of nitrogens with zero attached hydrogens (tertiary/aromatic N) is 3. The minimum Gasteiger partial charge on any atom is -0.466 e. The first-order valence-electron chi connectivity index (χ1n) is 4.84. The molecule has 0 heterocycles. The third-order valence-corrected chi connectivity index (χ3v) is 1.89. The summed E-state index contributed by atoms with van der Waals surface area (Å²) in [5.74, 6) is -0.666. The van der Waals surface area contributed by atoms with Gasteiger partial charge in [-0.05, 0) is 17.2 Å². The molecular formula is C12H11N3O2. The van der Waals surface area contributed by atoms with Gasteiger partial charge in [0.25, 0.3) is 0 Å². The van der Waals surface area contributed by atoms with Gasteiger partial charge >= 0.3 is 5.97 Å². The van der Waals surface area contributed by atoms with E-state index in [1.807, 2.05) is 30.3 Å². The fraction of sp³-hybridized carbons (Fsp3) is 0.0833. The highest BCUT2D eigenvalue weighted by Gasteiger charge is 2.04. The second kappa shape index (κ2) is 6.87. The molecule has 1 aromatic carbocycles. The zero-order valence-corrected chi connectivity index (χ0v) is 9.28. The predicted octanol–water partition coefficient (Wildman–Crippen LogP) is 3.07. The van der Waals surface area contributed by atoms with Crippen molar-refractivity contribution in [3.8, 4) is 0 Å². The lowest BCUT2D eigenvalue weighted by atomic mass is 10.2. The molecule has 0 amide bonds. The maximum Gasteiger partial charge on any atom is 0.340 e. The van der Waals surface area contributed by atoms with Gasteiger partial charge in [-0.25, -0.2) is 4.79 Å². The molecule has 17 heavy (non-hydrogen) atoms. The number of hydrogen-bond donors (Lipinski definition) is 0. The number of allylic oxidation sites excluding steroid dienone is 2. The van der Waals surface area contributed by atoms with E-state index in [1.54, 1.807) is 12.2 Å². The van der Waals surface area contributed by atoms with Crippen LogP contribution in [0.4, 0.5) is 0 Å². The second-order valence-electron chi connectivity index (χ2n) is 3.00. The molecule has 0 saturated carbocycles. The van der Waals surface area contributed by atoms with Crippen molar-refractivity contribution in [2.75, 3.05) is 7.11 Å². The molecule has 0 aromatic heterocycles. The van der Waals surface area contributed by atoms with Gasteiger partial charge in [0.2, 0.25) is 0 Å². The fourth-order valence-electron chi connectivity index (χ4n) is 1.11. The molecule has 0 spiro atoms. The predicted molar refractivity (Wildman–Crippen MR) is 64.7 cm³/mol. The molecule has 5 heteroatoms. The van der Waals surface area contributed by atoms with E-state index < -0.39 is 5.97 Å². The Morgan fingerprint density at radius 3 is 2.71 bits per heavy atom. The molecular weight excluding hydrogens is 218 g/mol. The van der Waals surface area contributed by atoms with Crippen molar-refractivity contribution < 1.29 is 9.53 Å². The Morgan fingerprint density at radius 1 is 1.41 bits per heavy atom. The molecule has 0 aliphatic heterocycles. The zero-order valence-electron chi connectivity index (χ0n) is 9.28. The SMILES string of the molecule is COC(=O)/C(=C/C=C\c1ccccc1)N=[N+]=[N-]. The molecule has 0 aliphatic rings. The highest BCUT2D eigenvalue weighted by molar-refractivity contribution is 5.88. The van der Waals surface area contributed by atoms with Gasteiger partial charge in [0.1, 0.15) is 5.70 Å². The van der Waals surface area contributed by atoms with E-state index >= 15 is 0 Å². The normalized spacial score (nSPS) is 11.0. The van der Waals surface area contributed by atoms with Crippen LogP contribution in [0, 0.1) is 0 Å². The first-order valence-corrected chi connectivity index (χ1v) is 4.84. The van der Waals surface area contributed by atoms with Crippen LogP contribution in [0.25, 0.3) is 16.5 Å². The summed E-state index contributed by atoms with van der Waals surface area (Å²) in [6.45, 7) is 0. The van der Waals surface area contributed by atoms with E-state index in [-0.39, 0.29) is 5.70 Å². The number of rotatable bonds is 4. The van der Waals surface area contributed by atoms with Crippen molar-refractivity contribution in [2.24, 2.45) is 5.11 Å². The molecule has 1 aromatic rings. The number of carbonyl (C=O) groups excluding carboxylic acids is 1. The Morgan fingerprint density at radius 2 is 2.12 bits per heavy atom. The molecule has 5 nitrogen and oxygen atoms in total. The zero-order chi connectivity index (χ0) is 12.5. The van der Waals surface area contributed by atoms with Crippen molar-refractivity contribution in [3.05, 3.63) is 64.2 Å². The maximum atomic E-state index is 11.2. The lowest BCUT2D eigenvalue weighted by Crippen LogP contribution is -2.01. The van der Waals surface area contributed by atoms with Crippen molar-refractivity contribution in [1.29, 1.82) is 0 Å². The van der Waals surface area contributed by atoms with Gasteiger partial charge in [0.05, 0.1) is 7.11 Å². The maximum absolute atomic E-state index is 11.2. The van der Waals surface area contributed by atoms with E-state index in [0.29, 0.717) is 0 Å². The molecule has 1 rings (SSSR count). The van der Waals surface area contributed by atoms with Crippen molar-refractivity contribution >= 4 is 12.0 Å². The van der Waals surface area contributed by atoms with Gasteiger partial charge in [-0.1, -0.05) is 47.6 Å². The van der Waals surface area contributed by atoms with Crippen molar-refractivity contribution in [3.63, 3.8) is 0 Å². The molecule has 0 aliphatic carbocycles. The number of benzene rings is 1. The van der Waals surface area contributed by atoms with Gasteiger partial charge in [-0.3, -0.25) is 0 Å². The minimum absolute atomic E-state index is 0.0813. The smallest absolute Gasteiger partial charge is 0.340 e. The molecule has 0 fully saturated rings. The van der Waals surface area contributed by atoms with Crippen LogP contribution in [0.5, 0.6) is 0 Å². The first kappa shape index (κ1) is 12.5. The monoisotopic (exact) mass is 229 g/mol. The average molecular weight is 229 g/mol. The van der Waals surface area contributed by atoms with Crippen molar-refractivity contribution in [1.82, 2.24) is 0 Å². The lowest BCUT2D eigenvalue weighted by Gasteiger charge is -1.95. The summed E-state index contributed by atoms with van der Waals surface area (Å²) < 4.78 is 4.46. The molecule has 0 radical (unpaired) electrons. The van der Waals surface area contributed by atoms with Gasteiger partial charge in [0.15, 0.2) is 0 Å². The van der Waals surface area contributed by atoms with E-state index in [4.69, 9.17) is 5.53 Å². The highest BCUT2D eigenvalue weighted by atomic mass is 16.5. The van der Waals surface area contributed by atoms with Crippen LogP contribution < -0.4 is 0 Å². The Bertz CT molecular complexity index is 486. The van der Waals surface area contributed by atoms with E-state index in [2.05, 4.69) is 14.8 Å². The van der Waals surface area contributed by atoms with Crippen LogP contribution in [0.1, 0.15) is 5.56 Å². The van der Waals surface area contributed by atoms with Crippen LogP contribution in [0.3, 0.4) is 0 Å². The summed E-state index contributed by atoms with van der Waals surface area (Å²) in [7, 11) is 1.23. The van der Waals surface area contributed by atoms with Crippen LogP contribution in [-0.4, -0.2) is 13.1 Å². The Hall–Kier alpha value is -2.52. The largest absolute Gasteiger partial charge is 0.466 e. The molecule has 0 bridgehead atoms. The number of carbonyl (C=O) groups is 1. The molecule has 0 atom stereocenters. The Kier molecular flexibility index (Phi) is 5.07. The summed E-state index contributed by atoms with van der Waals surface area (Å²) in [5.41, 5.74) is 9.18. The Labute approximate surface area is 98.7 Å². The minimum atomic E-state index is -0.666. The van der Waals surface area contributed by atoms with E-state index in [1.165, 1.54) is 13.2 Å². The van der Waals surface area contributed by atoms with Crippen LogP contribution >= 0.6 is 0 Å². The summed E-state index contributed by atoms with van der Waals surface area (Å²) in [6.07, 6.45) is 4.81. The standard InChI is InChI=1S/C12H11N3O2/c1-17-12(16)11(14-15-13)9-5-8-10-6-3-2-4-7-10/h2-9H,1H3/b8-5-,11-9-. The summed E-state index contributed by atoms with van der Waals surface area (Å²) in [4.78, 5) is 13.7. The fourth-order valence-corrected chi connectivity index (χ4v) is 1.11. The number of hydrogen-bond acceptors (Lipinski definition) is 3. The summed E-state index contributed by atoms with van der Waals surface area (Å²) >= 11 is 0. The van der Waals surface area contributed by atoms with Crippen LogP contribution in [-0.2, 0) is 9.53 Å². The third-order valence-electron chi connectivity index (χ3n) is 1.89. The van der Waals surface area contributed by atoms with E-state index in [0.717, 1.165) is 5.56 Å². The molecule has 0 unspecified atom stereocenters. The van der Waals surface area contributed by atoms with Gasteiger partial charge < -0.3 is 4.74 Å². The average Bonchev–Trinajstić information content (AvgIpc) is 2.38. The third kappa shape index (κ3) is 4.24. The second-order valence-corrected chi connectivity index (χ2v) is 3.00.